The molecule has 100 valence electrons. The topological polar surface area (TPSA) is 58.6 Å². The average molecular weight is 251 g/mol. The summed E-state index contributed by atoms with van der Waals surface area (Å²) in [6, 6.07) is 9.28. The van der Waals surface area contributed by atoms with Gasteiger partial charge < -0.3 is 15.2 Å². The lowest BCUT2D eigenvalue weighted by Crippen LogP contribution is -2.41. The Kier molecular flexibility index (Phi) is 5.31. The minimum Gasteiger partial charge on any atom is -0.384 e. The highest BCUT2D eigenvalue weighted by atomic mass is 16.5. The zero-order valence-corrected chi connectivity index (χ0v) is 11.1. The third-order valence-corrected chi connectivity index (χ3v) is 2.87. The van der Waals surface area contributed by atoms with Crippen molar-refractivity contribution in [1.29, 1.82) is 0 Å². The highest BCUT2D eigenvalue weighted by molar-refractivity contribution is 5.78. The summed E-state index contributed by atoms with van der Waals surface area (Å²) in [7, 11) is 1.56. The van der Waals surface area contributed by atoms with Gasteiger partial charge >= 0.3 is 0 Å². The maximum absolute atomic E-state index is 11.7. The number of hydrogen-bond donors (Lipinski definition) is 2. The maximum atomic E-state index is 11.7. The van der Waals surface area contributed by atoms with E-state index in [0.717, 1.165) is 5.56 Å². The lowest BCUT2D eigenvalue weighted by molar-refractivity contribution is -0.127. The van der Waals surface area contributed by atoms with Crippen LogP contribution in [0.15, 0.2) is 30.3 Å². The first-order valence-corrected chi connectivity index (χ1v) is 6.02. The van der Waals surface area contributed by atoms with E-state index in [4.69, 9.17) is 4.74 Å². The van der Waals surface area contributed by atoms with Crippen LogP contribution in [0.1, 0.15) is 19.4 Å². The van der Waals surface area contributed by atoms with Gasteiger partial charge in [-0.3, -0.25) is 4.79 Å². The molecule has 1 rings (SSSR count). The lowest BCUT2D eigenvalue weighted by atomic mass is 9.96. The molecule has 0 saturated carbocycles. The van der Waals surface area contributed by atoms with Gasteiger partial charge in [0.25, 0.3) is 0 Å². The molecule has 4 nitrogen and oxygen atoms in total. The van der Waals surface area contributed by atoms with Crippen LogP contribution in [0.5, 0.6) is 0 Å². The Labute approximate surface area is 108 Å². The summed E-state index contributed by atoms with van der Waals surface area (Å²) in [5, 5.41) is 13.0. The monoisotopic (exact) mass is 251 g/mol. The standard InChI is InChI=1S/C14H21NO3/c1-11(9-18-3)13(16)15-10-14(2,17)12-7-5-4-6-8-12/h4-8,11,17H,9-10H2,1-3H3,(H,15,16). The zero-order chi connectivity index (χ0) is 13.6. The molecule has 4 heteroatoms. The van der Waals surface area contributed by atoms with Gasteiger partial charge in [0.05, 0.1) is 19.1 Å². The summed E-state index contributed by atoms with van der Waals surface area (Å²) in [4.78, 5) is 11.7. The van der Waals surface area contributed by atoms with Crippen LogP contribution in [-0.2, 0) is 15.1 Å². The molecule has 0 bridgehead atoms. The first-order valence-electron chi connectivity index (χ1n) is 6.02. The first kappa shape index (κ1) is 14.7. The van der Waals surface area contributed by atoms with Crippen molar-refractivity contribution in [2.75, 3.05) is 20.3 Å². The van der Waals surface area contributed by atoms with Crippen molar-refractivity contribution >= 4 is 5.91 Å². The minimum absolute atomic E-state index is 0.118. The van der Waals surface area contributed by atoms with Gasteiger partial charge in [0.15, 0.2) is 0 Å². The Hall–Kier alpha value is -1.39. The Morgan fingerprint density at radius 3 is 2.61 bits per heavy atom. The smallest absolute Gasteiger partial charge is 0.225 e. The van der Waals surface area contributed by atoms with Gasteiger partial charge in [-0.15, -0.1) is 0 Å². The molecule has 1 amide bonds. The molecule has 0 fully saturated rings. The van der Waals surface area contributed by atoms with E-state index in [2.05, 4.69) is 5.32 Å². The lowest BCUT2D eigenvalue weighted by Gasteiger charge is -2.25. The van der Waals surface area contributed by atoms with E-state index in [9.17, 15) is 9.90 Å². The number of aliphatic hydroxyl groups is 1. The number of carbonyl (C=O) groups is 1. The number of amides is 1. The second kappa shape index (κ2) is 6.52. The largest absolute Gasteiger partial charge is 0.384 e. The van der Waals surface area contributed by atoms with Crippen molar-refractivity contribution in [3.8, 4) is 0 Å². The SMILES string of the molecule is COCC(C)C(=O)NCC(C)(O)c1ccccc1. The number of ether oxygens (including phenoxy) is 1. The molecule has 0 aromatic heterocycles. The summed E-state index contributed by atoms with van der Waals surface area (Å²) in [6.45, 7) is 4.03. The van der Waals surface area contributed by atoms with Gasteiger partial charge in [0, 0.05) is 7.11 Å². The number of carbonyl (C=O) groups excluding carboxylic acids is 1. The number of rotatable bonds is 6. The number of methoxy groups -OCH3 is 1. The van der Waals surface area contributed by atoms with E-state index in [1.807, 2.05) is 30.3 Å². The van der Waals surface area contributed by atoms with Crippen LogP contribution >= 0.6 is 0 Å². The predicted molar refractivity (Wildman–Crippen MR) is 70.1 cm³/mol. The summed E-state index contributed by atoms with van der Waals surface area (Å²) in [5.74, 6) is -0.338. The number of hydrogen-bond acceptors (Lipinski definition) is 3. The van der Waals surface area contributed by atoms with E-state index >= 15 is 0 Å². The molecule has 2 atom stereocenters. The molecule has 0 heterocycles. The van der Waals surface area contributed by atoms with Gasteiger partial charge in [-0.25, -0.2) is 0 Å². The van der Waals surface area contributed by atoms with Crippen molar-refractivity contribution < 1.29 is 14.6 Å². The molecule has 2 N–H and O–H groups in total. The van der Waals surface area contributed by atoms with Gasteiger partial charge in [0.1, 0.15) is 5.60 Å². The number of nitrogens with one attached hydrogen (secondary N) is 1. The third-order valence-electron chi connectivity index (χ3n) is 2.87. The molecule has 0 aliphatic rings. The molecule has 0 aliphatic heterocycles. The van der Waals surface area contributed by atoms with E-state index < -0.39 is 5.60 Å². The fraction of sp³-hybridized carbons (Fsp3) is 0.500. The minimum atomic E-state index is -1.07. The van der Waals surface area contributed by atoms with E-state index in [0.29, 0.717) is 6.61 Å². The van der Waals surface area contributed by atoms with Crippen LogP contribution < -0.4 is 5.32 Å². The fourth-order valence-corrected chi connectivity index (χ4v) is 1.66. The van der Waals surface area contributed by atoms with Gasteiger partial charge in [-0.05, 0) is 12.5 Å². The fourth-order valence-electron chi connectivity index (χ4n) is 1.66. The van der Waals surface area contributed by atoms with Gasteiger partial charge in [0.2, 0.25) is 5.91 Å². The van der Waals surface area contributed by atoms with Crippen molar-refractivity contribution in [2.45, 2.75) is 19.4 Å². The van der Waals surface area contributed by atoms with E-state index in [-0.39, 0.29) is 18.4 Å². The van der Waals surface area contributed by atoms with Gasteiger partial charge in [-0.1, -0.05) is 37.3 Å². The van der Waals surface area contributed by atoms with Gasteiger partial charge in [-0.2, -0.15) is 0 Å². The van der Waals surface area contributed by atoms with Crippen molar-refractivity contribution in [3.63, 3.8) is 0 Å². The molecule has 0 saturated heterocycles. The second-order valence-electron chi connectivity index (χ2n) is 4.71. The van der Waals surface area contributed by atoms with Crippen molar-refractivity contribution in [3.05, 3.63) is 35.9 Å². The molecular weight excluding hydrogens is 230 g/mol. The van der Waals surface area contributed by atoms with E-state index in [1.165, 1.54) is 0 Å². The highest BCUT2D eigenvalue weighted by Gasteiger charge is 2.24. The first-order chi connectivity index (χ1) is 8.47. The molecule has 18 heavy (non-hydrogen) atoms. The Bertz CT molecular complexity index is 376. The van der Waals surface area contributed by atoms with Crippen molar-refractivity contribution in [2.24, 2.45) is 5.92 Å². The molecule has 2 unspecified atom stereocenters. The van der Waals surface area contributed by atoms with Crippen LogP contribution in [0.2, 0.25) is 0 Å². The predicted octanol–water partition coefficient (Wildman–Crippen LogP) is 1.29. The summed E-state index contributed by atoms with van der Waals surface area (Å²) >= 11 is 0. The molecular formula is C14H21NO3. The third kappa shape index (κ3) is 4.13. The Balaban J connectivity index is 2.55. The van der Waals surface area contributed by atoms with Crippen LogP contribution in [0, 0.1) is 5.92 Å². The molecule has 0 aliphatic carbocycles. The Morgan fingerprint density at radius 1 is 1.44 bits per heavy atom. The quantitative estimate of drug-likeness (QED) is 0.801. The van der Waals surface area contributed by atoms with Crippen LogP contribution in [0.3, 0.4) is 0 Å². The summed E-state index contributed by atoms with van der Waals surface area (Å²) in [6.07, 6.45) is 0. The zero-order valence-electron chi connectivity index (χ0n) is 11.1. The molecule has 1 aromatic carbocycles. The van der Waals surface area contributed by atoms with Crippen LogP contribution in [0.25, 0.3) is 0 Å². The van der Waals surface area contributed by atoms with Crippen molar-refractivity contribution in [1.82, 2.24) is 5.32 Å². The number of benzene rings is 1. The maximum Gasteiger partial charge on any atom is 0.225 e. The molecule has 1 aromatic rings. The van der Waals surface area contributed by atoms with Crippen LogP contribution in [-0.4, -0.2) is 31.3 Å². The second-order valence-corrected chi connectivity index (χ2v) is 4.71. The van der Waals surface area contributed by atoms with Crippen LogP contribution in [0.4, 0.5) is 0 Å². The highest BCUT2D eigenvalue weighted by Crippen LogP contribution is 2.19. The Morgan fingerprint density at radius 2 is 2.06 bits per heavy atom. The normalized spacial score (nSPS) is 15.8. The summed E-state index contributed by atoms with van der Waals surface area (Å²) in [5.41, 5.74) is -0.284. The molecule has 0 spiro atoms. The molecule has 0 radical (unpaired) electrons. The summed E-state index contributed by atoms with van der Waals surface area (Å²) < 4.78 is 4.92. The average Bonchev–Trinajstić information content (AvgIpc) is 2.37. The van der Waals surface area contributed by atoms with E-state index in [1.54, 1.807) is 21.0 Å².